The molecule has 0 radical (unpaired) electrons. The Kier molecular flexibility index (Phi) is 7.22. The Hall–Kier alpha value is -4.08. The van der Waals surface area contributed by atoms with E-state index in [0.29, 0.717) is 17.7 Å². The van der Waals surface area contributed by atoms with E-state index < -0.39 is 47.9 Å². The summed E-state index contributed by atoms with van der Waals surface area (Å²) in [5.74, 6) is -3.73. The quantitative estimate of drug-likeness (QED) is 0.138. The molecule has 0 bridgehead atoms. The van der Waals surface area contributed by atoms with Crippen molar-refractivity contribution in [1.29, 1.82) is 0 Å². The molecule has 10 heteroatoms. The van der Waals surface area contributed by atoms with Crippen molar-refractivity contribution in [2.24, 2.45) is 11.8 Å². The Labute approximate surface area is 227 Å². The maximum Gasteiger partial charge on any atom is 0.353 e. The Balaban J connectivity index is 1.39. The van der Waals surface area contributed by atoms with Crippen LogP contribution >= 0.6 is 22.9 Å². The topological polar surface area (TPSA) is 101 Å². The summed E-state index contributed by atoms with van der Waals surface area (Å²) in [5, 5.41) is 3.58. The molecule has 3 aromatic rings. The van der Waals surface area contributed by atoms with E-state index >= 15 is 0 Å². The summed E-state index contributed by atoms with van der Waals surface area (Å²) < 4.78 is 5.32. The first kappa shape index (κ1) is 25.6. The summed E-state index contributed by atoms with van der Waals surface area (Å²) in [7, 11) is 0. The number of nitrogens with zero attached hydrogens (tertiary/aromatic N) is 2. The molecule has 0 saturated carbocycles. The third-order valence-corrected chi connectivity index (χ3v) is 7.65. The summed E-state index contributed by atoms with van der Waals surface area (Å²) in [6.07, 6.45) is 4.46. The lowest BCUT2D eigenvalue weighted by Crippen LogP contribution is -2.52. The van der Waals surface area contributed by atoms with Crippen LogP contribution in [0.25, 0.3) is 0 Å². The molecule has 1 saturated heterocycles. The van der Waals surface area contributed by atoms with Gasteiger partial charge in [0.2, 0.25) is 0 Å². The molecule has 1 aliphatic heterocycles. The van der Waals surface area contributed by atoms with Crippen molar-refractivity contribution in [3.63, 3.8) is 0 Å². The zero-order valence-electron chi connectivity index (χ0n) is 19.9. The number of allylic oxidation sites excluding steroid dienone is 2. The number of hydrogen-bond acceptors (Lipinski definition) is 7. The predicted molar refractivity (Wildman–Crippen MR) is 140 cm³/mol. The molecule has 38 heavy (non-hydrogen) atoms. The molecule has 192 valence electrons. The molecule has 0 spiro atoms. The van der Waals surface area contributed by atoms with Gasteiger partial charge in [0.1, 0.15) is 17.2 Å². The van der Waals surface area contributed by atoms with Gasteiger partial charge in [-0.1, -0.05) is 42.0 Å². The lowest BCUT2D eigenvalue weighted by molar-refractivity contribution is -0.154. The number of amides is 3. The number of rotatable bonds is 7. The predicted octanol–water partition coefficient (Wildman–Crippen LogP) is 4.81. The number of imide groups is 1. The summed E-state index contributed by atoms with van der Waals surface area (Å²) >= 11 is 7.49. The van der Waals surface area contributed by atoms with Gasteiger partial charge >= 0.3 is 5.97 Å². The third kappa shape index (κ3) is 4.90. The van der Waals surface area contributed by atoms with E-state index in [-0.39, 0.29) is 21.9 Å². The van der Waals surface area contributed by atoms with Crippen LogP contribution in [0, 0.1) is 11.8 Å². The highest BCUT2D eigenvalue weighted by molar-refractivity contribution is 7.12. The summed E-state index contributed by atoms with van der Waals surface area (Å²) in [6, 6.07) is 15.4. The van der Waals surface area contributed by atoms with Crippen molar-refractivity contribution in [3.05, 3.63) is 99.2 Å². The minimum atomic E-state index is -0.737. The molecule has 2 aliphatic rings. The van der Waals surface area contributed by atoms with Crippen LogP contribution in [0.1, 0.15) is 43.2 Å². The van der Waals surface area contributed by atoms with Crippen molar-refractivity contribution < 1.29 is 28.7 Å². The van der Waals surface area contributed by atoms with Crippen molar-refractivity contribution in [2.75, 3.05) is 6.54 Å². The van der Waals surface area contributed by atoms with Crippen LogP contribution in [-0.4, -0.2) is 46.0 Å². The van der Waals surface area contributed by atoms with E-state index in [4.69, 9.17) is 16.3 Å². The van der Waals surface area contributed by atoms with Crippen LogP contribution in [0.3, 0.4) is 0 Å². The number of halogens is 1. The number of carbonyl (C=O) groups excluding carboxylic acids is 5. The second kappa shape index (κ2) is 10.7. The van der Waals surface area contributed by atoms with Gasteiger partial charge in [-0.25, -0.2) is 9.80 Å². The number of carbonyl (C=O) groups is 5. The van der Waals surface area contributed by atoms with Gasteiger partial charge in [-0.2, -0.15) is 5.01 Å². The normalized spacial score (nSPS) is 18.3. The summed E-state index contributed by atoms with van der Waals surface area (Å²) in [5.41, 5.74) is 0.266. The fourth-order valence-corrected chi connectivity index (χ4v) is 5.33. The number of hydrogen-bond donors (Lipinski definition) is 0. The third-order valence-electron chi connectivity index (χ3n) is 6.47. The molecule has 3 amide bonds. The van der Waals surface area contributed by atoms with Crippen LogP contribution in [-0.2, 0) is 9.59 Å². The number of hydrazine groups is 1. The monoisotopic (exact) mass is 548 g/mol. The van der Waals surface area contributed by atoms with Crippen molar-refractivity contribution in [1.82, 2.24) is 10.0 Å². The largest absolute Gasteiger partial charge is 0.422 e. The highest BCUT2D eigenvalue weighted by atomic mass is 35.5. The molecule has 1 aliphatic carbocycles. The molecule has 0 unspecified atom stereocenters. The SMILES string of the molecule is O=C(CN(C(=O)c1ccccc1Cl)N1C(=O)[C@H]2CC=CC[C@H]2C1=O)c1ccc(OC(=O)c2cccs2)cc1. The van der Waals surface area contributed by atoms with Crippen LogP contribution in [0.15, 0.2) is 78.2 Å². The molecule has 2 atom stereocenters. The van der Waals surface area contributed by atoms with Gasteiger partial charge < -0.3 is 4.74 Å². The molecule has 1 fully saturated rings. The van der Waals surface area contributed by atoms with E-state index in [0.717, 1.165) is 10.0 Å². The highest BCUT2D eigenvalue weighted by Gasteiger charge is 2.51. The molecular formula is C28H21ClN2O6S. The van der Waals surface area contributed by atoms with E-state index in [9.17, 15) is 24.0 Å². The molecule has 2 heterocycles. The second-order valence-corrected chi connectivity index (χ2v) is 10.2. The minimum absolute atomic E-state index is 0.0615. The molecule has 1 aromatic heterocycles. The summed E-state index contributed by atoms with van der Waals surface area (Å²) in [6.45, 7) is -0.567. The molecule has 8 nitrogen and oxygen atoms in total. The summed E-state index contributed by atoms with van der Waals surface area (Å²) in [4.78, 5) is 66.0. The Bertz CT molecular complexity index is 1420. The molecule has 2 aromatic carbocycles. The Morgan fingerprint density at radius 2 is 1.58 bits per heavy atom. The van der Waals surface area contributed by atoms with Crippen molar-refractivity contribution in [2.45, 2.75) is 12.8 Å². The number of fused-ring (bicyclic) bond motifs is 1. The average molecular weight is 549 g/mol. The van der Waals surface area contributed by atoms with Gasteiger partial charge in [0, 0.05) is 5.56 Å². The van der Waals surface area contributed by atoms with Crippen LogP contribution < -0.4 is 4.74 Å². The van der Waals surface area contributed by atoms with Gasteiger partial charge in [0.25, 0.3) is 17.7 Å². The van der Waals surface area contributed by atoms with Gasteiger partial charge in [-0.15, -0.1) is 11.3 Å². The second-order valence-electron chi connectivity index (χ2n) is 8.80. The first-order valence-electron chi connectivity index (χ1n) is 11.8. The van der Waals surface area contributed by atoms with Crippen LogP contribution in [0.4, 0.5) is 0 Å². The number of thiophene rings is 1. The van der Waals surface area contributed by atoms with Crippen LogP contribution in [0.2, 0.25) is 5.02 Å². The lowest BCUT2D eigenvalue weighted by Gasteiger charge is -2.30. The smallest absolute Gasteiger partial charge is 0.353 e. The number of ketones is 1. The maximum absolute atomic E-state index is 13.6. The Morgan fingerprint density at radius 3 is 2.18 bits per heavy atom. The first-order valence-corrected chi connectivity index (χ1v) is 13.1. The van der Waals surface area contributed by atoms with Gasteiger partial charge in [-0.05, 0) is 60.7 Å². The van der Waals surface area contributed by atoms with Gasteiger partial charge in [0.15, 0.2) is 5.78 Å². The number of ether oxygens (including phenoxy) is 1. The van der Waals surface area contributed by atoms with E-state index in [1.807, 2.05) is 12.2 Å². The van der Waals surface area contributed by atoms with Gasteiger partial charge in [-0.3, -0.25) is 19.2 Å². The van der Waals surface area contributed by atoms with Crippen molar-refractivity contribution in [3.8, 4) is 5.75 Å². The first-order chi connectivity index (χ1) is 18.3. The fraction of sp³-hybridized carbons (Fsp3) is 0.179. The number of Topliss-reactive ketones (excluding diaryl/α,β-unsaturated/α-hetero) is 1. The fourth-order valence-electron chi connectivity index (χ4n) is 4.52. The van der Waals surface area contributed by atoms with Crippen LogP contribution in [0.5, 0.6) is 5.75 Å². The maximum atomic E-state index is 13.6. The molecule has 5 rings (SSSR count). The molecule has 0 N–H and O–H groups in total. The average Bonchev–Trinajstić information content (AvgIpc) is 3.55. The van der Waals surface area contributed by atoms with Gasteiger partial charge in [0.05, 0.1) is 22.4 Å². The minimum Gasteiger partial charge on any atom is -0.422 e. The Morgan fingerprint density at radius 1 is 0.921 bits per heavy atom. The zero-order chi connectivity index (χ0) is 26.8. The lowest BCUT2D eigenvalue weighted by atomic mass is 9.85. The zero-order valence-corrected chi connectivity index (χ0v) is 21.5. The van der Waals surface area contributed by atoms with E-state index in [2.05, 4.69) is 0 Å². The van der Waals surface area contributed by atoms with E-state index in [1.165, 1.54) is 47.7 Å². The highest BCUT2D eigenvalue weighted by Crippen LogP contribution is 2.36. The van der Waals surface area contributed by atoms with E-state index in [1.54, 1.807) is 29.6 Å². The number of esters is 1. The molecular weight excluding hydrogens is 528 g/mol. The standard InChI is InChI=1S/C28H21ClN2O6S/c29-22-9-4-3-8-21(22)25(33)30(31-26(34)19-6-1-2-7-20(19)27(31)35)16-23(32)17-11-13-18(14-12-17)37-28(36)24-10-5-15-38-24/h1-5,8-15,19-20H,6-7,16H2/t19-,20+. The number of benzene rings is 2. The van der Waals surface area contributed by atoms with Crippen molar-refractivity contribution >= 4 is 52.4 Å².